The van der Waals surface area contributed by atoms with Gasteiger partial charge in [-0.2, -0.15) is 5.10 Å². The van der Waals surface area contributed by atoms with Gasteiger partial charge in [0.15, 0.2) is 0 Å². The molecule has 2 aromatic rings. The number of nitrogens with one attached hydrogen (secondary N) is 1. The zero-order valence-electron chi connectivity index (χ0n) is 10.7. The van der Waals surface area contributed by atoms with Gasteiger partial charge in [0.1, 0.15) is 5.75 Å². The van der Waals surface area contributed by atoms with Crippen molar-refractivity contribution in [2.75, 3.05) is 17.7 Å². The molecule has 0 saturated heterocycles. The minimum Gasteiger partial charge on any atom is -0.492 e. The summed E-state index contributed by atoms with van der Waals surface area (Å²) in [6.07, 6.45) is 1.92. The Balaban J connectivity index is 2.03. The van der Waals surface area contributed by atoms with Crippen LogP contribution in [-0.2, 0) is 13.6 Å². The Kier molecular flexibility index (Phi) is 3.72. The van der Waals surface area contributed by atoms with E-state index in [1.807, 2.05) is 44.4 Å². The predicted octanol–water partition coefficient (Wildman–Crippen LogP) is 2.01. The van der Waals surface area contributed by atoms with Crippen molar-refractivity contribution in [3.63, 3.8) is 0 Å². The number of nitrogen functional groups attached to an aromatic ring is 1. The number of benzene rings is 1. The molecule has 0 spiro atoms. The molecule has 0 aliphatic rings. The van der Waals surface area contributed by atoms with Crippen LogP contribution in [-0.4, -0.2) is 16.4 Å². The van der Waals surface area contributed by atoms with Crippen LogP contribution in [0.2, 0.25) is 0 Å². The lowest BCUT2D eigenvalue weighted by Crippen LogP contribution is -2.03. The van der Waals surface area contributed by atoms with Gasteiger partial charge in [-0.15, -0.1) is 0 Å². The lowest BCUT2D eigenvalue weighted by molar-refractivity contribution is 0.342. The van der Waals surface area contributed by atoms with Crippen LogP contribution in [0.3, 0.4) is 0 Å². The number of aryl methyl sites for hydroxylation is 1. The number of nitrogens with zero attached hydrogens (tertiary/aromatic N) is 2. The third kappa shape index (κ3) is 2.94. The Morgan fingerprint density at radius 2 is 2.22 bits per heavy atom. The van der Waals surface area contributed by atoms with Crippen LogP contribution in [0.1, 0.15) is 12.6 Å². The van der Waals surface area contributed by atoms with Crippen LogP contribution in [0.4, 0.5) is 11.4 Å². The highest BCUT2D eigenvalue weighted by Gasteiger charge is 2.02. The molecule has 2 rings (SSSR count). The van der Waals surface area contributed by atoms with Crippen molar-refractivity contribution in [1.29, 1.82) is 0 Å². The Morgan fingerprint density at radius 3 is 2.89 bits per heavy atom. The van der Waals surface area contributed by atoms with Gasteiger partial charge in [0, 0.05) is 25.0 Å². The molecule has 0 bridgehead atoms. The summed E-state index contributed by atoms with van der Waals surface area (Å²) in [7, 11) is 1.90. The maximum atomic E-state index is 5.82. The Morgan fingerprint density at radius 1 is 1.39 bits per heavy atom. The van der Waals surface area contributed by atoms with Gasteiger partial charge in [0.2, 0.25) is 0 Å². The number of hydrogen-bond acceptors (Lipinski definition) is 4. The van der Waals surface area contributed by atoms with E-state index in [1.54, 1.807) is 4.68 Å². The van der Waals surface area contributed by atoms with Gasteiger partial charge in [-0.3, -0.25) is 4.68 Å². The molecule has 0 aliphatic heterocycles. The average molecular weight is 246 g/mol. The molecule has 5 nitrogen and oxygen atoms in total. The van der Waals surface area contributed by atoms with E-state index in [0.717, 1.165) is 11.4 Å². The SMILES string of the molecule is CCOc1cc(NCc2ccn(C)n2)ccc1N. The van der Waals surface area contributed by atoms with Gasteiger partial charge < -0.3 is 15.8 Å². The van der Waals surface area contributed by atoms with Crippen molar-refractivity contribution < 1.29 is 4.74 Å². The maximum Gasteiger partial charge on any atom is 0.144 e. The molecule has 0 aliphatic carbocycles. The summed E-state index contributed by atoms with van der Waals surface area (Å²) in [6, 6.07) is 7.65. The number of nitrogens with two attached hydrogens (primary N) is 1. The largest absolute Gasteiger partial charge is 0.492 e. The Bertz CT molecular complexity index is 521. The maximum absolute atomic E-state index is 5.82. The second-order valence-corrected chi connectivity index (χ2v) is 4.02. The molecule has 0 fully saturated rings. The molecule has 0 saturated carbocycles. The summed E-state index contributed by atoms with van der Waals surface area (Å²) in [5.41, 5.74) is 8.43. The van der Waals surface area contributed by atoms with Gasteiger partial charge >= 0.3 is 0 Å². The highest BCUT2D eigenvalue weighted by atomic mass is 16.5. The van der Waals surface area contributed by atoms with Crippen molar-refractivity contribution in [2.45, 2.75) is 13.5 Å². The molecule has 5 heteroatoms. The van der Waals surface area contributed by atoms with Crippen molar-refractivity contribution in [1.82, 2.24) is 9.78 Å². The number of rotatable bonds is 5. The number of anilines is 2. The molecule has 1 aromatic carbocycles. The lowest BCUT2D eigenvalue weighted by Gasteiger charge is -2.10. The van der Waals surface area contributed by atoms with Gasteiger partial charge in [-0.25, -0.2) is 0 Å². The summed E-state index contributed by atoms with van der Waals surface area (Å²) >= 11 is 0. The zero-order valence-corrected chi connectivity index (χ0v) is 10.7. The topological polar surface area (TPSA) is 65.1 Å². The van der Waals surface area contributed by atoms with Crippen molar-refractivity contribution in [3.05, 3.63) is 36.2 Å². The molecule has 96 valence electrons. The van der Waals surface area contributed by atoms with E-state index in [9.17, 15) is 0 Å². The summed E-state index contributed by atoms with van der Waals surface area (Å²) in [5.74, 6) is 0.712. The third-order valence-electron chi connectivity index (χ3n) is 2.56. The van der Waals surface area contributed by atoms with Gasteiger partial charge in [-0.05, 0) is 25.1 Å². The molecule has 0 unspecified atom stereocenters. The summed E-state index contributed by atoms with van der Waals surface area (Å²) in [5, 5.41) is 7.59. The van der Waals surface area contributed by atoms with E-state index in [4.69, 9.17) is 10.5 Å². The first-order valence-corrected chi connectivity index (χ1v) is 5.93. The van der Waals surface area contributed by atoms with E-state index < -0.39 is 0 Å². The molecule has 3 N–H and O–H groups in total. The first-order chi connectivity index (χ1) is 8.69. The molecule has 0 radical (unpaired) electrons. The van der Waals surface area contributed by atoms with E-state index in [-0.39, 0.29) is 0 Å². The van der Waals surface area contributed by atoms with Crippen molar-refractivity contribution in [2.24, 2.45) is 7.05 Å². The lowest BCUT2D eigenvalue weighted by atomic mass is 10.2. The fraction of sp³-hybridized carbons (Fsp3) is 0.308. The minimum atomic E-state index is 0.605. The first kappa shape index (κ1) is 12.3. The molecule has 0 amide bonds. The van der Waals surface area contributed by atoms with Gasteiger partial charge in [-0.1, -0.05) is 0 Å². The smallest absolute Gasteiger partial charge is 0.144 e. The average Bonchev–Trinajstić information content (AvgIpc) is 2.76. The molecular weight excluding hydrogens is 228 g/mol. The van der Waals surface area contributed by atoms with Crippen LogP contribution in [0.25, 0.3) is 0 Å². The second kappa shape index (κ2) is 5.44. The summed E-state index contributed by atoms with van der Waals surface area (Å²) in [4.78, 5) is 0. The fourth-order valence-corrected chi connectivity index (χ4v) is 1.67. The zero-order chi connectivity index (χ0) is 13.0. The monoisotopic (exact) mass is 246 g/mol. The van der Waals surface area contributed by atoms with Crippen molar-refractivity contribution in [3.8, 4) is 5.75 Å². The third-order valence-corrected chi connectivity index (χ3v) is 2.56. The van der Waals surface area contributed by atoms with Gasteiger partial charge in [0.05, 0.1) is 24.5 Å². The Hall–Kier alpha value is -2.17. The number of aromatic nitrogens is 2. The highest BCUT2D eigenvalue weighted by molar-refractivity contribution is 5.61. The molecule has 1 aromatic heterocycles. The second-order valence-electron chi connectivity index (χ2n) is 4.02. The molecule has 18 heavy (non-hydrogen) atoms. The normalized spacial score (nSPS) is 10.3. The molecule has 1 heterocycles. The van der Waals surface area contributed by atoms with Crippen LogP contribution in [0.15, 0.2) is 30.5 Å². The summed E-state index contributed by atoms with van der Waals surface area (Å²) in [6.45, 7) is 3.22. The van der Waals surface area contributed by atoms with E-state index in [1.165, 1.54) is 0 Å². The highest BCUT2D eigenvalue weighted by Crippen LogP contribution is 2.25. The fourth-order valence-electron chi connectivity index (χ4n) is 1.67. The standard InChI is InChI=1S/C13H18N4O/c1-3-18-13-8-10(4-5-12(13)14)15-9-11-6-7-17(2)16-11/h4-8,15H,3,9,14H2,1-2H3. The van der Waals surface area contributed by atoms with E-state index >= 15 is 0 Å². The predicted molar refractivity (Wildman–Crippen MR) is 72.6 cm³/mol. The number of hydrogen-bond donors (Lipinski definition) is 2. The van der Waals surface area contributed by atoms with E-state index in [2.05, 4.69) is 10.4 Å². The van der Waals surface area contributed by atoms with Crippen LogP contribution in [0.5, 0.6) is 5.75 Å². The van der Waals surface area contributed by atoms with Crippen LogP contribution >= 0.6 is 0 Å². The number of ether oxygens (including phenoxy) is 1. The minimum absolute atomic E-state index is 0.605. The molecule has 0 atom stereocenters. The Labute approximate surface area is 107 Å². The first-order valence-electron chi connectivity index (χ1n) is 5.93. The van der Waals surface area contributed by atoms with E-state index in [0.29, 0.717) is 24.6 Å². The quantitative estimate of drug-likeness (QED) is 0.792. The van der Waals surface area contributed by atoms with Crippen LogP contribution in [0, 0.1) is 0 Å². The van der Waals surface area contributed by atoms with Gasteiger partial charge in [0.25, 0.3) is 0 Å². The summed E-state index contributed by atoms with van der Waals surface area (Å²) < 4.78 is 7.23. The van der Waals surface area contributed by atoms with Crippen LogP contribution < -0.4 is 15.8 Å². The van der Waals surface area contributed by atoms with Crippen molar-refractivity contribution >= 4 is 11.4 Å². The molecular formula is C13H18N4O.